The number of alkyl carbamates (subject to hydrolysis) is 1. The maximum atomic E-state index is 12.4. The van der Waals surface area contributed by atoms with E-state index in [-0.39, 0.29) is 25.6 Å². The van der Waals surface area contributed by atoms with Crippen LogP contribution >= 0.6 is 11.6 Å². The molecule has 3 amide bonds. The van der Waals surface area contributed by atoms with Crippen molar-refractivity contribution in [1.29, 1.82) is 0 Å². The molecule has 0 aliphatic carbocycles. The molecule has 10 nitrogen and oxygen atoms in total. The summed E-state index contributed by atoms with van der Waals surface area (Å²) in [5.41, 5.74) is 0.479. The molecule has 2 rings (SSSR count). The van der Waals surface area contributed by atoms with Crippen molar-refractivity contribution in [2.24, 2.45) is 5.92 Å². The van der Waals surface area contributed by atoms with Crippen LogP contribution < -0.4 is 10.6 Å². The smallest absolute Gasteiger partial charge is 0.407 e. The Morgan fingerprint density at radius 3 is 2.37 bits per heavy atom. The van der Waals surface area contributed by atoms with E-state index in [9.17, 15) is 19.5 Å². The van der Waals surface area contributed by atoms with E-state index in [1.807, 2.05) is 12.1 Å². The minimum Gasteiger partial charge on any atom is -0.444 e. The Kier molecular flexibility index (Phi) is 11.7. The number of aliphatic hydroxyl groups excluding tert-OH is 1. The first-order chi connectivity index (χ1) is 16.6. The largest absolute Gasteiger partial charge is 0.444 e. The fourth-order valence-electron chi connectivity index (χ4n) is 3.36. The van der Waals surface area contributed by atoms with Gasteiger partial charge in [0.25, 0.3) is 5.91 Å². The number of likely N-dealkylation sites (tertiary alicyclic amines) is 1. The average molecular weight is 514 g/mol. The highest BCUT2D eigenvalue weighted by atomic mass is 35.5. The number of nitrogens with zero attached hydrogens (tertiary/aromatic N) is 1. The molecule has 1 aromatic rings. The molecule has 3 N–H and O–H groups in total. The molecule has 196 valence electrons. The highest BCUT2D eigenvalue weighted by Crippen LogP contribution is 2.18. The van der Waals surface area contributed by atoms with Gasteiger partial charge in [0.15, 0.2) is 0 Å². The Labute approximate surface area is 211 Å². The Morgan fingerprint density at radius 1 is 1.06 bits per heavy atom. The Morgan fingerprint density at radius 2 is 1.71 bits per heavy atom. The summed E-state index contributed by atoms with van der Waals surface area (Å²) in [7, 11) is 0. The maximum Gasteiger partial charge on any atom is 0.407 e. The van der Waals surface area contributed by atoms with E-state index in [1.165, 1.54) is 4.90 Å². The molecule has 0 saturated carbocycles. The number of amides is 3. The van der Waals surface area contributed by atoms with Crippen LogP contribution in [0.25, 0.3) is 0 Å². The second-order valence-electron chi connectivity index (χ2n) is 9.16. The van der Waals surface area contributed by atoms with Crippen molar-refractivity contribution in [1.82, 2.24) is 15.5 Å². The predicted octanol–water partition coefficient (Wildman–Crippen LogP) is 1.38. The Balaban J connectivity index is 1.55. The van der Waals surface area contributed by atoms with Crippen LogP contribution in [0.5, 0.6) is 0 Å². The first-order valence-corrected chi connectivity index (χ1v) is 12.1. The number of rotatable bonds is 13. The lowest BCUT2D eigenvalue weighted by atomic mass is 10.1. The van der Waals surface area contributed by atoms with Gasteiger partial charge in [-0.25, -0.2) is 4.79 Å². The van der Waals surface area contributed by atoms with Gasteiger partial charge in [-0.3, -0.25) is 9.59 Å². The molecular weight excluding hydrogens is 478 g/mol. The Hall–Kier alpha value is -2.40. The van der Waals surface area contributed by atoms with Gasteiger partial charge in [-0.2, -0.15) is 0 Å². The normalized spacial score (nSPS) is 18.0. The van der Waals surface area contributed by atoms with Crippen LogP contribution in [0.4, 0.5) is 4.79 Å². The predicted molar refractivity (Wildman–Crippen MR) is 130 cm³/mol. The van der Waals surface area contributed by atoms with Crippen molar-refractivity contribution < 1.29 is 33.7 Å². The molecule has 1 saturated heterocycles. The molecule has 0 bridgehead atoms. The molecule has 0 aromatic heterocycles. The quantitative estimate of drug-likeness (QED) is 0.340. The summed E-state index contributed by atoms with van der Waals surface area (Å²) >= 11 is 5.86. The molecule has 2 atom stereocenters. The number of nitrogens with one attached hydrogen (secondary N) is 2. The van der Waals surface area contributed by atoms with Gasteiger partial charge >= 0.3 is 6.09 Å². The Bertz CT molecular complexity index is 829. The number of halogens is 1. The van der Waals surface area contributed by atoms with E-state index in [0.29, 0.717) is 44.4 Å². The van der Waals surface area contributed by atoms with Gasteiger partial charge in [0, 0.05) is 31.2 Å². The summed E-state index contributed by atoms with van der Waals surface area (Å²) < 4.78 is 16.0. The molecule has 1 aromatic carbocycles. The average Bonchev–Trinajstić information content (AvgIpc) is 3.06. The zero-order chi connectivity index (χ0) is 25.8. The highest BCUT2D eigenvalue weighted by molar-refractivity contribution is 6.30. The molecule has 1 heterocycles. The minimum absolute atomic E-state index is 0.142. The maximum absolute atomic E-state index is 12.4. The first-order valence-electron chi connectivity index (χ1n) is 11.7. The van der Waals surface area contributed by atoms with Crippen molar-refractivity contribution in [3.63, 3.8) is 0 Å². The van der Waals surface area contributed by atoms with E-state index >= 15 is 0 Å². The first kappa shape index (κ1) is 28.8. The third-order valence-electron chi connectivity index (χ3n) is 5.12. The summed E-state index contributed by atoms with van der Waals surface area (Å²) in [6, 6.07) is 7.34. The molecule has 0 spiro atoms. The zero-order valence-electron chi connectivity index (χ0n) is 20.5. The van der Waals surface area contributed by atoms with Gasteiger partial charge in [-0.15, -0.1) is 0 Å². The second-order valence-corrected chi connectivity index (χ2v) is 9.59. The highest BCUT2D eigenvalue weighted by Gasteiger charge is 2.42. The van der Waals surface area contributed by atoms with Gasteiger partial charge in [0.05, 0.1) is 32.3 Å². The summed E-state index contributed by atoms with van der Waals surface area (Å²) in [4.78, 5) is 37.7. The van der Waals surface area contributed by atoms with Gasteiger partial charge in [0.1, 0.15) is 11.7 Å². The number of hydrogen-bond acceptors (Lipinski definition) is 7. The summed E-state index contributed by atoms with van der Waals surface area (Å²) in [5, 5.41) is 16.2. The molecular formula is C24H36ClN3O7. The summed E-state index contributed by atoms with van der Waals surface area (Å²) in [5.74, 6) is -1.64. The van der Waals surface area contributed by atoms with E-state index in [2.05, 4.69) is 10.6 Å². The zero-order valence-corrected chi connectivity index (χ0v) is 21.3. The molecule has 1 aliphatic heterocycles. The number of aliphatic hydroxyl groups is 1. The fourth-order valence-corrected chi connectivity index (χ4v) is 3.49. The van der Waals surface area contributed by atoms with Crippen molar-refractivity contribution >= 4 is 29.5 Å². The number of benzene rings is 1. The number of hydrogen-bond donors (Lipinski definition) is 3. The van der Waals surface area contributed by atoms with Gasteiger partial charge in [-0.05, 0) is 44.9 Å². The number of ether oxygens (including phenoxy) is 3. The van der Waals surface area contributed by atoms with Crippen molar-refractivity contribution in [2.45, 2.75) is 38.9 Å². The monoisotopic (exact) mass is 513 g/mol. The molecule has 1 aliphatic rings. The molecule has 11 heteroatoms. The van der Waals surface area contributed by atoms with Crippen molar-refractivity contribution in [3.05, 3.63) is 34.9 Å². The molecule has 0 radical (unpaired) electrons. The lowest BCUT2D eigenvalue weighted by Gasteiger charge is -2.19. The SMILES string of the molecule is CC(C)(C)OC(=O)NCCOCCOCCN1CC(C(=O)NCCc2ccc(Cl)cc2)C(O)C1=O. The van der Waals surface area contributed by atoms with Crippen molar-refractivity contribution in [3.8, 4) is 0 Å². The molecule has 2 unspecified atom stereocenters. The van der Waals surface area contributed by atoms with Crippen LogP contribution in [0.15, 0.2) is 24.3 Å². The van der Waals surface area contributed by atoms with Crippen LogP contribution in [-0.4, -0.2) is 92.2 Å². The van der Waals surface area contributed by atoms with E-state index < -0.39 is 29.6 Å². The third kappa shape index (κ3) is 10.8. The summed E-state index contributed by atoms with van der Waals surface area (Å²) in [6.45, 7) is 7.69. The van der Waals surface area contributed by atoms with E-state index in [4.69, 9.17) is 25.8 Å². The minimum atomic E-state index is -1.36. The van der Waals surface area contributed by atoms with Crippen LogP contribution in [0, 0.1) is 5.92 Å². The van der Waals surface area contributed by atoms with Crippen LogP contribution in [0.1, 0.15) is 26.3 Å². The van der Waals surface area contributed by atoms with Crippen LogP contribution in [0.2, 0.25) is 5.02 Å². The fraction of sp³-hybridized carbons (Fsp3) is 0.625. The second kappa shape index (κ2) is 14.2. The lowest BCUT2D eigenvalue weighted by molar-refractivity contribution is -0.138. The van der Waals surface area contributed by atoms with Gasteiger partial charge < -0.3 is 34.9 Å². The molecule has 35 heavy (non-hydrogen) atoms. The van der Waals surface area contributed by atoms with Gasteiger partial charge in [0.2, 0.25) is 5.91 Å². The topological polar surface area (TPSA) is 126 Å². The van der Waals surface area contributed by atoms with Crippen molar-refractivity contribution in [2.75, 3.05) is 52.6 Å². The van der Waals surface area contributed by atoms with E-state index in [0.717, 1.165) is 5.56 Å². The number of carbonyl (C=O) groups is 3. The van der Waals surface area contributed by atoms with Gasteiger partial charge in [-0.1, -0.05) is 23.7 Å². The third-order valence-corrected chi connectivity index (χ3v) is 5.37. The standard InChI is InChI=1S/C24H36ClN3O7/c1-24(2,3)35-23(32)27-10-12-33-14-15-34-13-11-28-16-19(20(29)22(28)31)21(30)26-9-8-17-4-6-18(25)7-5-17/h4-7,19-20,29H,8-16H2,1-3H3,(H,26,30)(H,27,32). The van der Waals surface area contributed by atoms with Crippen LogP contribution in [-0.2, 0) is 30.2 Å². The van der Waals surface area contributed by atoms with E-state index in [1.54, 1.807) is 32.9 Å². The summed E-state index contributed by atoms with van der Waals surface area (Å²) in [6.07, 6.45) is -1.23. The van der Waals surface area contributed by atoms with Crippen LogP contribution in [0.3, 0.4) is 0 Å². The number of carbonyl (C=O) groups excluding carboxylic acids is 3. The lowest BCUT2D eigenvalue weighted by Crippen LogP contribution is -2.38. The molecule has 1 fully saturated rings.